The predicted molar refractivity (Wildman–Crippen MR) is 69.2 cm³/mol. The smallest absolute Gasteiger partial charge is 0.119 e. The standard InChI is InChI=1S/C15H21NO/c1-11-5-4-10-16(11)14-8-2-7-13-12(14)6-3-9-15(13)17/h3,6,9,11,14,17H,2,4-5,7-8,10H2,1H3. The fraction of sp³-hybridized carbons (Fsp3) is 0.600. The van der Waals surface area contributed by atoms with Crippen molar-refractivity contribution < 1.29 is 5.11 Å². The highest BCUT2D eigenvalue weighted by atomic mass is 16.3. The molecule has 1 N–H and O–H groups in total. The molecule has 0 amide bonds. The van der Waals surface area contributed by atoms with Crippen molar-refractivity contribution in [3.05, 3.63) is 29.3 Å². The van der Waals surface area contributed by atoms with Crippen molar-refractivity contribution in [1.29, 1.82) is 0 Å². The third-order valence-electron chi connectivity index (χ3n) is 4.46. The van der Waals surface area contributed by atoms with Crippen LogP contribution >= 0.6 is 0 Å². The molecule has 1 aliphatic heterocycles. The second-order valence-corrected chi connectivity index (χ2v) is 5.48. The van der Waals surface area contributed by atoms with Crippen LogP contribution in [0.5, 0.6) is 5.75 Å². The quantitative estimate of drug-likeness (QED) is 0.802. The van der Waals surface area contributed by atoms with Gasteiger partial charge in [-0.1, -0.05) is 12.1 Å². The lowest BCUT2D eigenvalue weighted by molar-refractivity contribution is 0.172. The van der Waals surface area contributed by atoms with Crippen LogP contribution in [0.15, 0.2) is 18.2 Å². The Bertz CT molecular complexity index is 415. The van der Waals surface area contributed by atoms with Gasteiger partial charge in [-0.05, 0) is 62.8 Å². The number of aromatic hydroxyl groups is 1. The molecule has 0 saturated carbocycles. The van der Waals surface area contributed by atoms with Crippen molar-refractivity contribution >= 4 is 0 Å². The first kappa shape index (κ1) is 11.1. The van der Waals surface area contributed by atoms with E-state index in [0.29, 0.717) is 17.8 Å². The summed E-state index contributed by atoms with van der Waals surface area (Å²) in [5.74, 6) is 0.499. The number of phenols is 1. The summed E-state index contributed by atoms with van der Waals surface area (Å²) in [5, 5.41) is 9.96. The van der Waals surface area contributed by atoms with E-state index in [1.54, 1.807) is 0 Å². The molecule has 2 unspecified atom stereocenters. The zero-order chi connectivity index (χ0) is 11.8. The third kappa shape index (κ3) is 1.85. The summed E-state index contributed by atoms with van der Waals surface area (Å²) in [6.07, 6.45) is 6.15. The Morgan fingerprint density at radius 3 is 2.88 bits per heavy atom. The van der Waals surface area contributed by atoms with Gasteiger partial charge in [0, 0.05) is 12.1 Å². The predicted octanol–water partition coefficient (Wildman–Crippen LogP) is 3.25. The summed E-state index contributed by atoms with van der Waals surface area (Å²) in [7, 11) is 0. The second-order valence-electron chi connectivity index (χ2n) is 5.48. The average molecular weight is 231 g/mol. The summed E-state index contributed by atoms with van der Waals surface area (Å²) in [5.41, 5.74) is 2.58. The van der Waals surface area contributed by atoms with E-state index in [0.717, 1.165) is 6.42 Å². The van der Waals surface area contributed by atoms with Crippen LogP contribution in [0.3, 0.4) is 0 Å². The minimum absolute atomic E-state index is 0.499. The molecule has 1 fully saturated rings. The number of likely N-dealkylation sites (tertiary alicyclic amines) is 1. The van der Waals surface area contributed by atoms with E-state index >= 15 is 0 Å². The Labute approximate surface area is 103 Å². The van der Waals surface area contributed by atoms with E-state index in [1.165, 1.54) is 43.4 Å². The number of hydrogen-bond acceptors (Lipinski definition) is 2. The van der Waals surface area contributed by atoms with E-state index in [9.17, 15) is 5.11 Å². The first-order valence-electron chi connectivity index (χ1n) is 6.84. The molecule has 1 aliphatic carbocycles. The maximum absolute atomic E-state index is 9.96. The first-order chi connectivity index (χ1) is 8.27. The number of phenolic OH excluding ortho intramolecular Hbond substituents is 1. The molecule has 0 aromatic heterocycles. The van der Waals surface area contributed by atoms with Crippen LogP contribution in [0.4, 0.5) is 0 Å². The summed E-state index contributed by atoms with van der Waals surface area (Å²) >= 11 is 0. The van der Waals surface area contributed by atoms with Crippen LogP contribution < -0.4 is 0 Å². The minimum atomic E-state index is 0.499. The molecule has 1 aromatic carbocycles. The highest BCUT2D eigenvalue weighted by Crippen LogP contribution is 2.40. The van der Waals surface area contributed by atoms with Crippen molar-refractivity contribution in [2.24, 2.45) is 0 Å². The Hall–Kier alpha value is -1.02. The van der Waals surface area contributed by atoms with Crippen LogP contribution in [0.2, 0.25) is 0 Å². The SMILES string of the molecule is CC1CCCN1C1CCCc2c(O)cccc21. The summed E-state index contributed by atoms with van der Waals surface area (Å²) < 4.78 is 0. The lowest BCUT2D eigenvalue weighted by atomic mass is 9.86. The van der Waals surface area contributed by atoms with Crippen molar-refractivity contribution in [1.82, 2.24) is 4.90 Å². The molecule has 1 aromatic rings. The van der Waals surface area contributed by atoms with Crippen LogP contribution in [-0.2, 0) is 6.42 Å². The highest BCUT2D eigenvalue weighted by Gasteiger charge is 2.32. The van der Waals surface area contributed by atoms with Gasteiger partial charge in [0.25, 0.3) is 0 Å². The molecule has 0 bridgehead atoms. The number of fused-ring (bicyclic) bond motifs is 1. The van der Waals surface area contributed by atoms with Crippen LogP contribution in [-0.4, -0.2) is 22.6 Å². The largest absolute Gasteiger partial charge is 0.508 e. The molecular formula is C15H21NO. The number of rotatable bonds is 1. The van der Waals surface area contributed by atoms with Crippen molar-refractivity contribution in [3.8, 4) is 5.75 Å². The molecule has 3 rings (SSSR count). The Balaban J connectivity index is 1.96. The molecule has 2 nitrogen and oxygen atoms in total. The van der Waals surface area contributed by atoms with Gasteiger partial charge in [0.1, 0.15) is 5.75 Å². The molecule has 2 aliphatic rings. The Morgan fingerprint density at radius 2 is 2.12 bits per heavy atom. The number of hydrogen-bond donors (Lipinski definition) is 1. The second kappa shape index (κ2) is 4.34. The Kier molecular flexibility index (Phi) is 2.83. The van der Waals surface area contributed by atoms with E-state index in [-0.39, 0.29) is 0 Å². The molecule has 2 atom stereocenters. The zero-order valence-electron chi connectivity index (χ0n) is 10.5. The molecule has 1 heterocycles. The van der Waals surface area contributed by atoms with Gasteiger partial charge in [-0.3, -0.25) is 4.90 Å². The molecule has 1 saturated heterocycles. The van der Waals surface area contributed by atoms with Gasteiger partial charge in [0.15, 0.2) is 0 Å². The summed E-state index contributed by atoms with van der Waals surface area (Å²) in [6.45, 7) is 3.56. The van der Waals surface area contributed by atoms with Gasteiger partial charge in [-0.25, -0.2) is 0 Å². The van der Waals surface area contributed by atoms with Crippen LogP contribution in [0, 0.1) is 0 Å². The van der Waals surface area contributed by atoms with Crippen molar-refractivity contribution in [2.45, 2.75) is 51.1 Å². The maximum Gasteiger partial charge on any atom is 0.119 e. The van der Waals surface area contributed by atoms with Crippen LogP contribution in [0.25, 0.3) is 0 Å². The first-order valence-corrected chi connectivity index (χ1v) is 6.84. The van der Waals surface area contributed by atoms with E-state index < -0.39 is 0 Å². The molecule has 0 spiro atoms. The van der Waals surface area contributed by atoms with Crippen LogP contribution in [0.1, 0.15) is 49.8 Å². The topological polar surface area (TPSA) is 23.5 Å². The normalized spacial score (nSPS) is 29.2. The maximum atomic E-state index is 9.96. The lowest BCUT2D eigenvalue weighted by Gasteiger charge is -2.36. The van der Waals surface area contributed by atoms with Gasteiger partial charge >= 0.3 is 0 Å². The number of benzene rings is 1. The van der Waals surface area contributed by atoms with E-state index in [1.807, 2.05) is 12.1 Å². The highest BCUT2D eigenvalue weighted by molar-refractivity contribution is 5.42. The van der Waals surface area contributed by atoms with E-state index in [4.69, 9.17) is 0 Å². The van der Waals surface area contributed by atoms with Gasteiger partial charge in [-0.2, -0.15) is 0 Å². The fourth-order valence-electron chi connectivity index (χ4n) is 3.57. The summed E-state index contributed by atoms with van der Waals surface area (Å²) in [4.78, 5) is 2.64. The molecular weight excluding hydrogens is 210 g/mol. The third-order valence-corrected chi connectivity index (χ3v) is 4.46. The lowest BCUT2D eigenvalue weighted by Crippen LogP contribution is -2.33. The molecule has 17 heavy (non-hydrogen) atoms. The minimum Gasteiger partial charge on any atom is -0.508 e. The average Bonchev–Trinajstić information content (AvgIpc) is 2.75. The van der Waals surface area contributed by atoms with Crippen molar-refractivity contribution in [3.63, 3.8) is 0 Å². The van der Waals surface area contributed by atoms with Gasteiger partial charge in [-0.15, -0.1) is 0 Å². The fourth-order valence-corrected chi connectivity index (χ4v) is 3.57. The Morgan fingerprint density at radius 1 is 1.24 bits per heavy atom. The van der Waals surface area contributed by atoms with Gasteiger partial charge in [0.05, 0.1) is 0 Å². The monoisotopic (exact) mass is 231 g/mol. The zero-order valence-corrected chi connectivity index (χ0v) is 10.5. The molecule has 2 heteroatoms. The van der Waals surface area contributed by atoms with Gasteiger partial charge in [0.2, 0.25) is 0 Å². The molecule has 92 valence electrons. The molecule has 0 radical (unpaired) electrons. The summed E-state index contributed by atoms with van der Waals surface area (Å²) in [6, 6.07) is 7.28. The number of nitrogens with zero attached hydrogens (tertiary/aromatic N) is 1. The van der Waals surface area contributed by atoms with Crippen molar-refractivity contribution in [2.75, 3.05) is 6.54 Å². The van der Waals surface area contributed by atoms with E-state index in [2.05, 4.69) is 17.9 Å². The van der Waals surface area contributed by atoms with Gasteiger partial charge < -0.3 is 5.11 Å².